The number of nitrogens with two attached hydrogens (primary N) is 1. The maximum absolute atomic E-state index is 12.2. The quantitative estimate of drug-likeness (QED) is 0.607. The van der Waals surface area contributed by atoms with Gasteiger partial charge >= 0.3 is 5.97 Å². The average molecular weight is 386 g/mol. The van der Waals surface area contributed by atoms with Crippen LogP contribution in [-0.4, -0.2) is 48.1 Å². The molecule has 0 unspecified atom stereocenters. The van der Waals surface area contributed by atoms with Gasteiger partial charge in [0.1, 0.15) is 0 Å². The second-order valence-corrected chi connectivity index (χ2v) is 7.59. The van der Waals surface area contributed by atoms with Gasteiger partial charge in [0.05, 0.1) is 11.7 Å². The van der Waals surface area contributed by atoms with E-state index >= 15 is 0 Å². The molecule has 2 aromatic rings. The molecular formula is C20H22N2O4S. The zero-order valence-corrected chi connectivity index (χ0v) is 15.7. The van der Waals surface area contributed by atoms with Gasteiger partial charge in [0.2, 0.25) is 5.91 Å². The molecule has 1 atom stereocenters. The molecule has 0 saturated carbocycles. The molecule has 0 spiro atoms. The lowest BCUT2D eigenvalue weighted by Gasteiger charge is -2.31. The Kier molecular flexibility index (Phi) is 6.34. The van der Waals surface area contributed by atoms with Crippen LogP contribution < -0.4 is 5.73 Å². The molecule has 0 radical (unpaired) electrons. The first kappa shape index (κ1) is 19.2. The Hall–Kier alpha value is -2.54. The lowest BCUT2D eigenvalue weighted by molar-refractivity contribution is -0.151. The van der Waals surface area contributed by atoms with Crippen LogP contribution in [0.25, 0.3) is 10.8 Å². The third kappa shape index (κ3) is 5.23. The summed E-state index contributed by atoms with van der Waals surface area (Å²) >= 11 is 1.37. The highest BCUT2D eigenvalue weighted by atomic mass is 32.2. The summed E-state index contributed by atoms with van der Waals surface area (Å²) in [6, 6.07) is 14.0. The number of hydrogen-bond donors (Lipinski definition) is 1. The number of rotatable bonds is 6. The molecule has 0 bridgehead atoms. The molecule has 1 saturated heterocycles. The molecule has 0 aliphatic carbocycles. The highest BCUT2D eigenvalue weighted by Crippen LogP contribution is 2.23. The van der Waals surface area contributed by atoms with Gasteiger partial charge in [-0.05, 0) is 35.7 Å². The first-order valence-electron chi connectivity index (χ1n) is 8.87. The number of amides is 2. The number of benzene rings is 2. The molecule has 2 aromatic carbocycles. The molecule has 6 nitrogen and oxygen atoms in total. The van der Waals surface area contributed by atoms with Crippen molar-refractivity contribution in [2.24, 2.45) is 11.7 Å². The summed E-state index contributed by atoms with van der Waals surface area (Å²) in [5.74, 6) is -1.30. The van der Waals surface area contributed by atoms with E-state index in [1.807, 2.05) is 42.5 Å². The number of carbonyl (C=O) groups excluding carboxylic acids is 3. The number of hydrogen-bond acceptors (Lipinski definition) is 5. The van der Waals surface area contributed by atoms with Crippen molar-refractivity contribution in [2.45, 2.75) is 17.7 Å². The Labute approximate surface area is 162 Å². The van der Waals surface area contributed by atoms with Crippen LogP contribution in [0.1, 0.15) is 12.8 Å². The molecule has 1 heterocycles. The van der Waals surface area contributed by atoms with Crippen LogP contribution in [0.3, 0.4) is 0 Å². The van der Waals surface area contributed by atoms with Gasteiger partial charge < -0.3 is 15.4 Å². The highest BCUT2D eigenvalue weighted by molar-refractivity contribution is 8.00. The van der Waals surface area contributed by atoms with Crippen LogP contribution >= 0.6 is 11.8 Å². The number of primary amides is 1. The number of piperidine rings is 1. The summed E-state index contributed by atoms with van der Waals surface area (Å²) in [6.45, 7) is 0.562. The predicted molar refractivity (Wildman–Crippen MR) is 104 cm³/mol. The van der Waals surface area contributed by atoms with Crippen molar-refractivity contribution >= 4 is 40.3 Å². The third-order valence-electron chi connectivity index (χ3n) is 4.61. The molecule has 142 valence electrons. The number of thioether (sulfide) groups is 1. The number of esters is 1. The Bertz CT molecular complexity index is 855. The molecule has 1 fully saturated rings. The summed E-state index contributed by atoms with van der Waals surface area (Å²) in [5.41, 5.74) is 5.32. The van der Waals surface area contributed by atoms with E-state index < -0.39 is 11.9 Å². The lowest BCUT2D eigenvalue weighted by atomic mass is 9.97. The zero-order valence-electron chi connectivity index (χ0n) is 14.9. The van der Waals surface area contributed by atoms with Gasteiger partial charge in [-0.1, -0.05) is 30.3 Å². The van der Waals surface area contributed by atoms with E-state index in [0.717, 1.165) is 22.1 Å². The molecule has 2 amide bonds. The van der Waals surface area contributed by atoms with Gasteiger partial charge in [-0.3, -0.25) is 14.4 Å². The van der Waals surface area contributed by atoms with Gasteiger partial charge in [0.25, 0.3) is 5.91 Å². The van der Waals surface area contributed by atoms with Crippen LogP contribution in [0, 0.1) is 5.92 Å². The van der Waals surface area contributed by atoms with Gasteiger partial charge in [-0.15, -0.1) is 11.8 Å². The summed E-state index contributed by atoms with van der Waals surface area (Å²) in [4.78, 5) is 37.9. The maximum Gasteiger partial charge on any atom is 0.316 e. The van der Waals surface area contributed by atoms with Crippen molar-refractivity contribution < 1.29 is 19.1 Å². The minimum Gasteiger partial charge on any atom is -0.455 e. The monoisotopic (exact) mass is 386 g/mol. The van der Waals surface area contributed by atoms with Crippen molar-refractivity contribution in [1.29, 1.82) is 0 Å². The molecule has 1 aliphatic heterocycles. The highest BCUT2D eigenvalue weighted by Gasteiger charge is 2.27. The Morgan fingerprint density at radius 2 is 1.93 bits per heavy atom. The normalized spacial score (nSPS) is 16.9. The molecule has 27 heavy (non-hydrogen) atoms. The summed E-state index contributed by atoms with van der Waals surface area (Å²) < 4.78 is 5.09. The standard InChI is InChI=1S/C20H22N2O4S/c21-20(25)16-6-3-9-22(11-16)18(23)12-26-19(24)13-27-17-8-7-14-4-1-2-5-15(14)10-17/h1-2,4-5,7-8,10,16H,3,6,9,11-13H2,(H2,21,25)/t16-/m1/s1. The Morgan fingerprint density at radius 1 is 1.15 bits per heavy atom. The van der Waals surface area contributed by atoms with Crippen molar-refractivity contribution in [1.82, 2.24) is 4.90 Å². The first-order valence-corrected chi connectivity index (χ1v) is 9.86. The zero-order chi connectivity index (χ0) is 19.2. The predicted octanol–water partition coefficient (Wildman–Crippen LogP) is 2.20. The van der Waals surface area contributed by atoms with Gasteiger partial charge in [0, 0.05) is 18.0 Å². The summed E-state index contributed by atoms with van der Waals surface area (Å²) in [6.07, 6.45) is 1.42. The minimum absolute atomic E-state index is 0.134. The SMILES string of the molecule is NC(=O)[C@@H]1CCCN(C(=O)COC(=O)CSc2ccc3ccccc3c2)C1. The molecule has 7 heteroatoms. The fourth-order valence-corrected chi connectivity index (χ4v) is 3.85. The first-order chi connectivity index (χ1) is 13.0. The van der Waals surface area contributed by atoms with E-state index in [2.05, 4.69) is 0 Å². The van der Waals surface area contributed by atoms with Gasteiger partial charge in [-0.2, -0.15) is 0 Å². The van der Waals surface area contributed by atoms with Crippen LogP contribution in [-0.2, 0) is 19.1 Å². The molecular weight excluding hydrogens is 364 g/mol. The number of carbonyl (C=O) groups is 3. The van der Waals surface area contributed by atoms with E-state index in [0.29, 0.717) is 19.5 Å². The van der Waals surface area contributed by atoms with E-state index in [9.17, 15) is 14.4 Å². The molecule has 0 aromatic heterocycles. The Morgan fingerprint density at radius 3 is 2.70 bits per heavy atom. The van der Waals surface area contributed by atoms with E-state index in [1.165, 1.54) is 11.8 Å². The number of fused-ring (bicyclic) bond motifs is 1. The van der Waals surface area contributed by atoms with Crippen molar-refractivity contribution in [3.8, 4) is 0 Å². The second kappa shape index (κ2) is 8.90. The molecule has 2 N–H and O–H groups in total. The largest absolute Gasteiger partial charge is 0.455 e. The van der Waals surface area contributed by atoms with E-state index in [4.69, 9.17) is 10.5 Å². The van der Waals surface area contributed by atoms with Crippen molar-refractivity contribution in [3.05, 3.63) is 42.5 Å². The lowest BCUT2D eigenvalue weighted by Crippen LogP contribution is -2.45. The van der Waals surface area contributed by atoms with Crippen LogP contribution in [0.15, 0.2) is 47.4 Å². The summed E-state index contributed by atoms with van der Waals surface area (Å²) in [7, 11) is 0. The minimum atomic E-state index is -0.440. The van der Waals surface area contributed by atoms with Crippen LogP contribution in [0.5, 0.6) is 0 Å². The molecule has 1 aliphatic rings. The van der Waals surface area contributed by atoms with Gasteiger partial charge in [-0.25, -0.2) is 0 Å². The fraction of sp³-hybridized carbons (Fsp3) is 0.350. The topological polar surface area (TPSA) is 89.7 Å². The maximum atomic E-state index is 12.2. The van der Waals surface area contributed by atoms with Crippen LogP contribution in [0.4, 0.5) is 0 Å². The summed E-state index contributed by atoms with van der Waals surface area (Å²) in [5, 5.41) is 2.26. The van der Waals surface area contributed by atoms with Crippen molar-refractivity contribution in [3.63, 3.8) is 0 Å². The second-order valence-electron chi connectivity index (χ2n) is 6.54. The smallest absolute Gasteiger partial charge is 0.316 e. The molecule has 3 rings (SSSR count). The average Bonchev–Trinajstić information content (AvgIpc) is 2.70. The third-order valence-corrected chi connectivity index (χ3v) is 5.58. The number of nitrogens with zero attached hydrogens (tertiary/aromatic N) is 1. The van der Waals surface area contributed by atoms with Gasteiger partial charge in [0.15, 0.2) is 6.61 Å². The number of ether oxygens (including phenoxy) is 1. The fourth-order valence-electron chi connectivity index (χ4n) is 3.11. The van der Waals surface area contributed by atoms with E-state index in [-0.39, 0.29) is 24.2 Å². The van der Waals surface area contributed by atoms with Crippen LogP contribution in [0.2, 0.25) is 0 Å². The van der Waals surface area contributed by atoms with Crippen molar-refractivity contribution in [2.75, 3.05) is 25.4 Å². The Balaban J connectivity index is 1.44. The number of likely N-dealkylation sites (tertiary alicyclic amines) is 1. The van der Waals surface area contributed by atoms with E-state index in [1.54, 1.807) is 4.90 Å².